The Labute approximate surface area is 167 Å². The average molecular weight is 405 g/mol. The van der Waals surface area contributed by atoms with Crippen molar-refractivity contribution in [2.45, 2.75) is 18.5 Å². The monoisotopic (exact) mass is 404 g/mol. The molecule has 1 aliphatic rings. The second-order valence-corrected chi connectivity index (χ2v) is 7.08. The van der Waals surface area contributed by atoms with Crippen LogP contribution in [0.4, 0.5) is 5.95 Å². The van der Waals surface area contributed by atoms with Gasteiger partial charge in [-0.05, 0) is 41.8 Å². The van der Waals surface area contributed by atoms with Crippen molar-refractivity contribution in [2.75, 3.05) is 19.5 Å². The van der Waals surface area contributed by atoms with E-state index in [0.29, 0.717) is 27.5 Å². The molecule has 0 radical (unpaired) electrons. The minimum atomic E-state index is -0.0111. The van der Waals surface area contributed by atoms with Gasteiger partial charge >= 0.3 is 0 Å². The fourth-order valence-electron chi connectivity index (χ4n) is 3.41. The summed E-state index contributed by atoms with van der Waals surface area (Å²) in [6.07, 6.45) is 2.32. The fourth-order valence-corrected chi connectivity index (χ4v) is 3.71. The van der Waals surface area contributed by atoms with Crippen molar-refractivity contribution in [1.29, 1.82) is 0 Å². The van der Waals surface area contributed by atoms with Gasteiger partial charge in [0.1, 0.15) is 6.33 Å². The number of fused-ring (bicyclic) bond motifs is 1. The third-order valence-corrected chi connectivity index (χ3v) is 5.51. The molecule has 2 unspecified atom stereocenters. The summed E-state index contributed by atoms with van der Waals surface area (Å²) < 4.78 is 12.7. The van der Waals surface area contributed by atoms with Gasteiger partial charge in [-0.15, -0.1) is 0 Å². The molecule has 0 bridgehead atoms. The van der Waals surface area contributed by atoms with Gasteiger partial charge in [-0.2, -0.15) is 10.1 Å². The van der Waals surface area contributed by atoms with E-state index in [9.17, 15) is 0 Å². The van der Waals surface area contributed by atoms with E-state index in [-0.39, 0.29) is 12.1 Å². The number of rotatable bonds is 4. The Morgan fingerprint density at radius 1 is 1.00 bits per heavy atom. The minimum Gasteiger partial charge on any atom is -0.493 e. The molecule has 0 fully saturated rings. The number of nitrogens with one attached hydrogen (secondary N) is 1. The number of aromatic nitrogens is 3. The number of halogens is 2. The zero-order chi connectivity index (χ0) is 19.0. The fraction of sp³-hybridized carbons (Fsp3) is 0.263. The highest BCUT2D eigenvalue weighted by molar-refractivity contribution is 6.42. The van der Waals surface area contributed by atoms with Crippen molar-refractivity contribution in [1.82, 2.24) is 14.8 Å². The summed E-state index contributed by atoms with van der Waals surface area (Å²) in [5, 5.41) is 8.89. The quantitative estimate of drug-likeness (QED) is 0.679. The van der Waals surface area contributed by atoms with Crippen molar-refractivity contribution >= 4 is 29.2 Å². The van der Waals surface area contributed by atoms with Gasteiger partial charge in [0.2, 0.25) is 5.95 Å². The van der Waals surface area contributed by atoms with Crippen LogP contribution in [0.2, 0.25) is 10.0 Å². The lowest BCUT2D eigenvalue weighted by molar-refractivity contribution is 0.352. The summed E-state index contributed by atoms with van der Waals surface area (Å²) in [6, 6.07) is 11.6. The van der Waals surface area contributed by atoms with Gasteiger partial charge in [-0.1, -0.05) is 35.3 Å². The third-order valence-electron chi connectivity index (χ3n) is 4.77. The smallest absolute Gasteiger partial charge is 0.222 e. The zero-order valence-corrected chi connectivity index (χ0v) is 16.3. The highest BCUT2D eigenvalue weighted by Crippen LogP contribution is 2.40. The molecule has 1 aliphatic heterocycles. The van der Waals surface area contributed by atoms with Crippen LogP contribution < -0.4 is 14.8 Å². The van der Waals surface area contributed by atoms with Crippen molar-refractivity contribution in [3.05, 3.63) is 63.9 Å². The predicted octanol–water partition coefficient (Wildman–Crippen LogP) is 4.75. The number of benzene rings is 2. The average Bonchev–Trinajstić information content (AvgIpc) is 3.17. The number of nitrogens with zero attached hydrogens (tertiary/aromatic N) is 3. The molecule has 2 heterocycles. The molecule has 2 aromatic carbocycles. The van der Waals surface area contributed by atoms with Crippen LogP contribution >= 0.6 is 23.2 Å². The minimum absolute atomic E-state index is 0.0111. The van der Waals surface area contributed by atoms with Crippen LogP contribution in [-0.2, 0) is 0 Å². The molecular weight excluding hydrogens is 387 g/mol. The van der Waals surface area contributed by atoms with E-state index >= 15 is 0 Å². The predicted molar refractivity (Wildman–Crippen MR) is 105 cm³/mol. The summed E-state index contributed by atoms with van der Waals surface area (Å²) in [5.41, 5.74) is 2.11. The number of ether oxygens (including phenoxy) is 2. The normalized spacial score (nSPS) is 18.5. The lowest BCUT2D eigenvalue weighted by atomic mass is 9.93. The van der Waals surface area contributed by atoms with Crippen molar-refractivity contribution in [2.24, 2.45) is 0 Å². The van der Waals surface area contributed by atoms with E-state index in [1.807, 2.05) is 41.1 Å². The lowest BCUT2D eigenvalue weighted by Crippen LogP contribution is -2.28. The van der Waals surface area contributed by atoms with E-state index in [0.717, 1.165) is 17.5 Å². The van der Waals surface area contributed by atoms with Gasteiger partial charge in [0.15, 0.2) is 11.5 Å². The number of anilines is 1. The molecule has 0 amide bonds. The topological polar surface area (TPSA) is 61.2 Å². The molecule has 0 saturated carbocycles. The van der Waals surface area contributed by atoms with Crippen LogP contribution in [0.15, 0.2) is 42.7 Å². The van der Waals surface area contributed by atoms with Crippen LogP contribution in [0.25, 0.3) is 0 Å². The molecule has 0 spiro atoms. The molecule has 2 atom stereocenters. The Kier molecular flexibility index (Phi) is 4.85. The maximum atomic E-state index is 6.22. The number of hydrogen-bond donors (Lipinski definition) is 1. The molecular formula is C19H18Cl2N4O2. The zero-order valence-electron chi connectivity index (χ0n) is 14.8. The Hall–Kier alpha value is -2.44. The van der Waals surface area contributed by atoms with Gasteiger partial charge in [0.25, 0.3) is 0 Å². The van der Waals surface area contributed by atoms with Crippen molar-refractivity contribution in [3.8, 4) is 11.5 Å². The van der Waals surface area contributed by atoms with Crippen molar-refractivity contribution in [3.63, 3.8) is 0 Å². The molecule has 1 aromatic heterocycles. The molecule has 6 nitrogen and oxygen atoms in total. The van der Waals surface area contributed by atoms with E-state index < -0.39 is 0 Å². The van der Waals surface area contributed by atoms with Crippen molar-refractivity contribution < 1.29 is 9.47 Å². The molecule has 140 valence electrons. The first-order chi connectivity index (χ1) is 13.1. The molecule has 0 saturated heterocycles. The third kappa shape index (κ3) is 3.31. The van der Waals surface area contributed by atoms with Crippen LogP contribution in [0, 0.1) is 0 Å². The Morgan fingerprint density at radius 3 is 2.52 bits per heavy atom. The summed E-state index contributed by atoms with van der Waals surface area (Å²) in [5.74, 6) is 2.08. The molecule has 8 heteroatoms. The van der Waals surface area contributed by atoms with Crippen LogP contribution in [0.1, 0.15) is 29.6 Å². The molecule has 0 aliphatic carbocycles. The van der Waals surface area contributed by atoms with Gasteiger partial charge in [0.05, 0.1) is 36.3 Å². The first-order valence-electron chi connectivity index (χ1n) is 8.43. The summed E-state index contributed by atoms with van der Waals surface area (Å²) in [6.45, 7) is 0. The first-order valence-corrected chi connectivity index (χ1v) is 9.19. The second kappa shape index (κ2) is 7.29. The maximum absolute atomic E-state index is 6.22. The van der Waals surface area contributed by atoms with E-state index in [1.165, 1.54) is 0 Å². The molecule has 27 heavy (non-hydrogen) atoms. The van der Waals surface area contributed by atoms with Crippen LogP contribution in [0.5, 0.6) is 11.5 Å². The highest BCUT2D eigenvalue weighted by atomic mass is 35.5. The molecule has 1 N–H and O–H groups in total. The van der Waals surface area contributed by atoms with E-state index in [2.05, 4.69) is 15.4 Å². The van der Waals surface area contributed by atoms with Gasteiger partial charge in [-0.3, -0.25) is 0 Å². The number of hydrogen-bond acceptors (Lipinski definition) is 5. The molecule has 4 rings (SSSR count). The summed E-state index contributed by atoms with van der Waals surface area (Å²) in [7, 11) is 3.25. The maximum Gasteiger partial charge on any atom is 0.222 e. The Bertz CT molecular complexity index is 976. The van der Waals surface area contributed by atoms with E-state index in [1.54, 1.807) is 20.5 Å². The summed E-state index contributed by atoms with van der Waals surface area (Å²) >= 11 is 12.3. The first kappa shape index (κ1) is 17.9. The largest absolute Gasteiger partial charge is 0.493 e. The standard InChI is InChI=1S/C19H18Cl2N4O2/c1-26-17-6-4-12(8-18(17)27-2)16-9-15(24-19-22-10-23-25(16)19)11-3-5-13(20)14(21)7-11/h3-8,10,15-16H,9H2,1-2H3,(H,22,23,24). The van der Waals surface area contributed by atoms with E-state index in [4.69, 9.17) is 32.7 Å². The van der Waals surface area contributed by atoms with Crippen LogP contribution in [0.3, 0.4) is 0 Å². The van der Waals surface area contributed by atoms with Gasteiger partial charge in [0, 0.05) is 0 Å². The van der Waals surface area contributed by atoms with Gasteiger partial charge in [-0.25, -0.2) is 4.68 Å². The molecule has 3 aromatic rings. The van der Waals surface area contributed by atoms with Gasteiger partial charge < -0.3 is 14.8 Å². The number of methoxy groups -OCH3 is 2. The lowest BCUT2D eigenvalue weighted by Gasteiger charge is -2.32. The SMILES string of the molecule is COc1ccc(C2CC(c3ccc(Cl)c(Cl)c3)Nc3ncnn32)cc1OC. The second-order valence-electron chi connectivity index (χ2n) is 6.26. The van der Waals surface area contributed by atoms with Crippen LogP contribution in [-0.4, -0.2) is 29.0 Å². The Balaban J connectivity index is 1.73. The summed E-state index contributed by atoms with van der Waals surface area (Å²) in [4.78, 5) is 4.35. The highest BCUT2D eigenvalue weighted by Gasteiger charge is 2.30. The Morgan fingerprint density at radius 2 is 1.78 bits per heavy atom.